The number of carbonyl (C=O) groups excluding carboxylic acids is 2. The van der Waals surface area contributed by atoms with Crippen LogP contribution in [0, 0.1) is 11.3 Å². The molecule has 1 saturated heterocycles. The summed E-state index contributed by atoms with van der Waals surface area (Å²) in [6, 6.07) is 0. The minimum absolute atomic E-state index is 0.100. The summed E-state index contributed by atoms with van der Waals surface area (Å²) in [7, 11) is 0. The first-order chi connectivity index (χ1) is 11.3. The van der Waals surface area contributed by atoms with Gasteiger partial charge in [0.05, 0.1) is 5.56 Å². The van der Waals surface area contributed by atoms with E-state index in [4.69, 9.17) is 0 Å². The van der Waals surface area contributed by atoms with Crippen molar-refractivity contribution in [2.24, 2.45) is 11.3 Å². The highest BCUT2D eigenvalue weighted by atomic mass is 32.1. The van der Waals surface area contributed by atoms with Crippen molar-refractivity contribution < 1.29 is 9.59 Å². The largest absolute Gasteiger partial charge is 0.339 e. The van der Waals surface area contributed by atoms with Crippen molar-refractivity contribution in [2.75, 3.05) is 26.2 Å². The molecular formula is C19H28N2O2S. The van der Waals surface area contributed by atoms with Crippen molar-refractivity contribution in [3.63, 3.8) is 0 Å². The van der Waals surface area contributed by atoms with Crippen LogP contribution in [0.1, 0.15) is 54.9 Å². The second kappa shape index (κ2) is 6.51. The summed E-state index contributed by atoms with van der Waals surface area (Å²) in [5, 5.41) is 2.06. The topological polar surface area (TPSA) is 40.6 Å². The highest BCUT2D eigenvalue weighted by molar-refractivity contribution is 7.10. The normalized spacial score (nSPS) is 21.6. The summed E-state index contributed by atoms with van der Waals surface area (Å²) in [6.45, 7) is 11.1. The van der Waals surface area contributed by atoms with E-state index in [0.29, 0.717) is 37.5 Å². The van der Waals surface area contributed by atoms with E-state index in [2.05, 4.69) is 26.2 Å². The van der Waals surface area contributed by atoms with Gasteiger partial charge in [0.1, 0.15) is 0 Å². The van der Waals surface area contributed by atoms with Gasteiger partial charge in [-0.05, 0) is 36.2 Å². The standard InChI is InChI=1S/C19H28N2O2S/c1-13(22)20-7-9-21(10-8-20)18(23)16-12-24-17-11-14(19(2,3)4)5-6-15(16)17/h12,14H,5-11H2,1-4H3. The average Bonchev–Trinajstić information content (AvgIpc) is 2.96. The van der Waals surface area contributed by atoms with Crippen molar-refractivity contribution in [1.82, 2.24) is 9.80 Å². The molecule has 1 atom stereocenters. The Hall–Kier alpha value is -1.36. The Morgan fingerprint density at radius 1 is 1.12 bits per heavy atom. The summed E-state index contributed by atoms with van der Waals surface area (Å²) >= 11 is 1.76. The molecule has 3 rings (SSSR count). The van der Waals surface area contributed by atoms with Crippen molar-refractivity contribution in [1.29, 1.82) is 0 Å². The lowest BCUT2D eigenvalue weighted by molar-refractivity contribution is -0.130. The molecule has 2 amide bonds. The van der Waals surface area contributed by atoms with Gasteiger partial charge in [0.2, 0.25) is 5.91 Å². The smallest absolute Gasteiger partial charge is 0.255 e. The molecule has 2 heterocycles. The predicted octanol–water partition coefficient (Wildman–Crippen LogP) is 3.20. The highest BCUT2D eigenvalue weighted by Crippen LogP contribution is 2.40. The Balaban J connectivity index is 1.70. The molecule has 0 bridgehead atoms. The van der Waals surface area contributed by atoms with Crippen LogP contribution in [0.25, 0.3) is 0 Å². The van der Waals surface area contributed by atoms with Crippen LogP contribution in [0.3, 0.4) is 0 Å². The molecule has 0 aromatic carbocycles. The van der Waals surface area contributed by atoms with Gasteiger partial charge < -0.3 is 9.80 Å². The Morgan fingerprint density at radius 2 is 1.75 bits per heavy atom. The molecule has 1 aliphatic heterocycles. The van der Waals surface area contributed by atoms with Crippen molar-refractivity contribution in [3.8, 4) is 0 Å². The van der Waals surface area contributed by atoms with Crippen LogP contribution in [0.2, 0.25) is 0 Å². The maximum Gasteiger partial charge on any atom is 0.255 e. The summed E-state index contributed by atoms with van der Waals surface area (Å²) in [5.74, 6) is 0.957. The lowest BCUT2D eigenvalue weighted by atomic mass is 9.72. The number of hydrogen-bond donors (Lipinski definition) is 0. The number of rotatable bonds is 1. The maximum atomic E-state index is 12.9. The van der Waals surface area contributed by atoms with Gasteiger partial charge >= 0.3 is 0 Å². The maximum absolute atomic E-state index is 12.9. The molecular weight excluding hydrogens is 320 g/mol. The molecule has 132 valence electrons. The summed E-state index contributed by atoms with van der Waals surface area (Å²) in [6.07, 6.45) is 3.30. The molecule has 4 nitrogen and oxygen atoms in total. The molecule has 1 aromatic heterocycles. The van der Waals surface area contributed by atoms with Gasteiger partial charge in [-0.25, -0.2) is 0 Å². The number of carbonyl (C=O) groups is 2. The van der Waals surface area contributed by atoms with Crippen molar-refractivity contribution in [3.05, 3.63) is 21.4 Å². The third-order valence-corrected chi connectivity index (χ3v) is 6.67. The SMILES string of the molecule is CC(=O)N1CCN(C(=O)c2csc3c2CCC(C(C)(C)C)C3)CC1. The van der Waals surface area contributed by atoms with Crippen LogP contribution in [0.4, 0.5) is 0 Å². The zero-order chi connectivity index (χ0) is 17.5. The Kier molecular flexibility index (Phi) is 4.73. The number of amides is 2. The molecule has 24 heavy (non-hydrogen) atoms. The van der Waals surface area contributed by atoms with E-state index < -0.39 is 0 Å². The van der Waals surface area contributed by atoms with Gasteiger partial charge in [-0.1, -0.05) is 20.8 Å². The fraction of sp³-hybridized carbons (Fsp3) is 0.684. The number of fused-ring (bicyclic) bond motifs is 1. The summed E-state index contributed by atoms with van der Waals surface area (Å²) < 4.78 is 0. The van der Waals surface area contributed by atoms with Gasteiger partial charge in [0.25, 0.3) is 5.91 Å². The predicted molar refractivity (Wildman–Crippen MR) is 97.4 cm³/mol. The van der Waals surface area contributed by atoms with Crippen LogP contribution in [-0.4, -0.2) is 47.8 Å². The van der Waals surface area contributed by atoms with E-state index in [0.717, 1.165) is 18.4 Å². The average molecular weight is 349 g/mol. The van der Waals surface area contributed by atoms with Crippen LogP contribution in [0.15, 0.2) is 5.38 Å². The molecule has 1 aliphatic carbocycles. The fourth-order valence-corrected chi connectivity index (χ4v) is 4.98. The molecule has 1 unspecified atom stereocenters. The molecule has 1 aromatic rings. The number of hydrogen-bond acceptors (Lipinski definition) is 3. The zero-order valence-corrected chi connectivity index (χ0v) is 16.0. The first-order valence-electron chi connectivity index (χ1n) is 8.91. The molecule has 0 N–H and O–H groups in total. The van der Waals surface area contributed by atoms with Crippen molar-refractivity contribution >= 4 is 23.2 Å². The Labute approximate surface area is 148 Å². The van der Waals surface area contributed by atoms with Gasteiger partial charge in [0, 0.05) is 43.4 Å². The minimum Gasteiger partial charge on any atom is -0.339 e. The highest BCUT2D eigenvalue weighted by Gasteiger charge is 2.33. The van der Waals surface area contributed by atoms with Crippen LogP contribution < -0.4 is 0 Å². The lowest BCUT2D eigenvalue weighted by Crippen LogP contribution is -2.50. The molecule has 2 aliphatic rings. The van der Waals surface area contributed by atoms with Crippen LogP contribution in [0.5, 0.6) is 0 Å². The second-order valence-corrected chi connectivity index (χ2v) is 9.12. The monoisotopic (exact) mass is 348 g/mol. The van der Waals surface area contributed by atoms with E-state index in [-0.39, 0.29) is 11.8 Å². The number of thiophene rings is 1. The summed E-state index contributed by atoms with van der Waals surface area (Å²) in [5.41, 5.74) is 2.53. The fourth-order valence-electron chi connectivity index (χ4n) is 3.83. The zero-order valence-electron chi connectivity index (χ0n) is 15.2. The Morgan fingerprint density at radius 3 is 2.33 bits per heavy atom. The van der Waals surface area contributed by atoms with Gasteiger partial charge in [-0.2, -0.15) is 0 Å². The van der Waals surface area contributed by atoms with Gasteiger partial charge in [-0.15, -0.1) is 11.3 Å². The van der Waals surface area contributed by atoms with E-state index in [1.165, 1.54) is 16.9 Å². The molecule has 0 spiro atoms. The van der Waals surface area contributed by atoms with Crippen LogP contribution in [-0.2, 0) is 17.6 Å². The third kappa shape index (κ3) is 3.37. The third-order valence-electron chi connectivity index (χ3n) is 5.62. The quantitative estimate of drug-likeness (QED) is 0.782. The molecule has 0 radical (unpaired) electrons. The van der Waals surface area contributed by atoms with E-state index in [9.17, 15) is 9.59 Å². The second-order valence-electron chi connectivity index (χ2n) is 8.16. The van der Waals surface area contributed by atoms with Crippen LogP contribution >= 0.6 is 11.3 Å². The first-order valence-corrected chi connectivity index (χ1v) is 9.79. The molecule has 0 saturated carbocycles. The van der Waals surface area contributed by atoms with E-state index in [1.807, 2.05) is 9.80 Å². The number of nitrogens with zero attached hydrogens (tertiary/aromatic N) is 2. The molecule has 5 heteroatoms. The van der Waals surface area contributed by atoms with Gasteiger partial charge in [-0.3, -0.25) is 9.59 Å². The van der Waals surface area contributed by atoms with Gasteiger partial charge in [0.15, 0.2) is 0 Å². The summed E-state index contributed by atoms with van der Waals surface area (Å²) in [4.78, 5) is 29.5. The minimum atomic E-state index is 0.100. The Bertz CT molecular complexity index is 636. The number of piperazine rings is 1. The molecule has 1 fully saturated rings. The van der Waals surface area contributed by atoms with E-state index >= 15 is 0 Å². The van der Waals surface area contributed by atoms with Crippen molar-refractivity contribution in [2.45, 2.75) is 47.0 Å². The van der Waals surface area contributed by atoms with E-state index in [1.54, 1.807) is 18.3 Å². The first kappa shape index (κ1) is 17.5. The lowest BCUT2D eigenvalue weighted by Gasteiger charge is -2.35.